The molecule has 5 rings (SSSR count). The molecule has 0 saturated heterocycles. The summed E-state index contributed by atoms with van der Waals surface area (Å²) in [6.07, 6.45) is 5.26. The maximum Gasteiger partial charge on any atom is 0.254 e. The van der Waals surface area contributed by atoms with Crippen LogP contribution in [0, 0.1) is 0 Å². The van der Waals surface area contributed by atoms with Gasteiger partial charge in [0.05, 0.1) is 0 Å². The second kappa shape index (κ2) is 10.1. The molecule has 2 N–H and O–H groups in total. The van der Waals surface area contributed by atoms with E-state index in [0.29, 0.717) is 23.7 Å². The summed E-state index contributed by atoms with van der Waals surface area (Å²) in [5.74, 6) is 1.72. The number of aryl methyl sites for hydroxylation is 1. The molecule has 3 aromatic heterocycles. The molecule has 3 heterocycles. The van der Waals surface area contributed by atoms with Gasteiger partial charge in [0.2, 0.25) is 0 Å². The van der Waals surface area contributed by atoms with E-state index in [2.05, 4.69) is 37.6 Å². The smallest absolute Gasteiger partial charge is 0.254 e. The van der Waals surface area contributed by atoms with E-state index in [1.807, 2.05) is 60.7 Å². The Morgan fingerprint density at radius 1 is 0.971 bits per heavy atom. The van der Waals surface area contributed by atoms with Crippen molar-refractivity contribution in [3.63, 3.8) is 0 Å². The van der Waals surface area contributed by atoms with Crippen molar-refractivity contribution in [3.05, 3.63) is 102 Å². The number of aromatic nitrogens is 5. The largest absolute Gasteiger partial charge is 0.348 e. The van der Waals surface area contributed by atoms with E-state index in [1.165, 1.54) is 0 Å². The van der Waals surface area contributed by atoms with Gasteiger partial charge in [-0.1, -0.05) is 43.7 Å². The van der Waals surface area contributed by atoms with Crippen LogP contribution in [0.5, 0.6) is 0 Å². The number of fused-ring (bicyclic) bond motifs is 1. The van der Waals surface area contributed by atoms with Crippen LogP contribution < -0.4 is 10.6 Å². The second-order valence-electron chi connectivity index (χ2n) is 8.14. The SMILES string of the molecule is CCCc1cc(Nc2ccc(C(=O)NCc3ccccc3)cc2)n2nc(-c3cccnc3)nc2n1. The molecule has 0 spiro atoms. The first kappa shape index (κ1) is 22.2. The van der Waals surface area contributed by atoms with Crippen molar-refractivity contribution in [2.75, 3.05) is 5.32 Å². The Morgan fingerprint density at radius 2 is 1.80 bits per heavy atom. The Morgan fingerprint density at radius 3 is 2.54 bits per heavy atom. The molecule has 0 atom stereocenters. The number of nitrogens with one attached hydrogen (secondary N) is 2. The number of benzene rings is 2. The average Bonchev–Trinajstić information content (AvgIpc) is 3.34. The summed E-state index contributed by atoms with van der Waals surface area (Å²) in [7, 11) is 0. The summed E-state index contributed by atoms with van der Waals surface area (Å²) in [5, 5.41) is 11.0. The van der Waals surface area contributed by atoms with Crippen molar-refractivity contribution in [2.24, 2.45) is 0 Å². The number of hydrogen-bond acceptors (Lipinski definition) is 6. The maximum atomic E-state index is 12.5. The molecule has 0 unspecified atom stereocenters. The molecule has 0 radical (unpaired) electrons. The van der Waals surface area contributed by atoms with E-state index in [-0.39, 0.29) is 5.91 Å². The zero-order valence-electron chi connectivity index (χ0n) is 19.3. The van der Waals surface area contributed by atoms with Crippen LogP contribution in [0.25, 0.3) is 17.2 Å². The van der Waals surface area contributed by atoms with Gasteiger partial charge in [0.1, 0.15) is 5.82 Å². The number of amides is 1. The van der Waals surface area contributed by atoms with Gasteiger partial charge in [0, 0.05) is 47.5 Å². The quantitative estimate of drug-likeness (QED) is 0.343. The molecule has 0 saturated carbocycles. The number of anilines is 2. The first-order valence-corrected chi connectivity index (χ1v) is 11.6. The van der Waals surface area contributed by atoms with Gasteiger partial charge in [-0.15, -0.1) is 5.10 Å². The fraction of sp³-hybridized carbons (Fsp3) is 0.148. The van der Waals surface area contributed by atoms with Crippen LogP contribution >= 0.6 is 0 Å². The molecule has 0 bridgehead atoms. The van der Waals surface area contributed by atoms with E-state index < -0.39 is 0 Å². The van der Waals surface area contributed by atoms with Gasteiger partial charge in [-0.25, -0.2) is 4.98 Å². The standard InChI is InChI=1S/C27H25N7O/c1-2-7-23-16-24(34-27(31-23)32-25(33-34)21-10-6-15-28-18-21)30-22-13-11-20(12-14-22)26(35)29-17-19-8-4-3-5-9-19/h3-6,8-16,18,30H,2,7,17H2,1H3,(H,29,35). The number of hydrogen-bond donors (Lipinski definition) is 2. The molecule has 0 aliphatic carbocycles. The van der Waals surface area contributed by atoms with Crippen LogP contribution in [-0.4, -0.2) is 30.5 Å². The van der Waals surface area contributed by atoms with Crippen molar-refractivity contribution in [1.29, 1.82) is 0 Å². The van der Waals surface area contributed by atoms with Crippen LogP contribution in [0.4, 0.5) is 11.5 Å². The first-order valence-electron chi connectivity index (χ1n) is 11.6. The van der Waals surface area contributed by atoms with Crippen LogP contribution in [0.15, 0.2) is 85.2 Å². The molecule has 0 fully saturated rings. The number of nitrogens with zero attached hydrogens (tertiary/aromatic N) is 5. The highest BCUT2D eigenvalue weighted by atomic mass is 16.1. The minimum absolute atomic E-state index is 0.116. The lowest BCUT2D eigenvalue weighted by Crippen LogP contribution is -2.22. The Hall–Kier alpha value is -4.59. The fourth-order valence-electron chi connectivity index (χ4n) is 3.74. The Labute approximate surface area is 203 Å². The molecule has 0 aliphatic rings. The third kappa shape index (κ3) is 5.16. The third-order valence-corrected chi connectivity index (χ3v) is 5.51. The second-order valence-corrected chi connectivity index (χ2v) is 8.14. The monoisotopic (exact) mass is 463 g/mol. The van der Waals surface area contributed by atoms with Gasteiger partial charge < -0.3 is 10.6 Å². The van der Waals surface area contributed by atoms with Gasteiger partial charge in [0.15, 0.2) is 5.82 Å². The zero-order valence-corrected chi connectivity index (χ0v) is 19.3. The van der Waals surface area contributed by atoms with E-state index in [1.54, 1.807) is 29.0 Å². The normalized spacial score (nSPS) is 10.9. The molecule has 0 aliphatic heterocycles. The summed E-state index contributed by atoms with van der Waals surface area (Å²) in [5.41, 5.74) is 4.24. The van der Waals surface area contributed by atoms with Gasteiger partial charge in [-0.05, 0) is 48.4 Å². The first-order chi connectivity index (χ1) is 17.2. The van der Waals surface area contributed by atoms with Crippen molar-refractivity contribution < 1.29 is 4.79 Å². The Kier molecular flexibility index (Phi) is 6.43. The van der Waals surface area contributed by atoms with E-state index in [4.69, 9.17) is 0 Å². The summed E-state index contributed by atoms with van der Waals surface area (Å²) < 4.78 is 1.70. The maximum absolute atomic E-state index is 12.5. The highest BCUT2D eigenvalue weighted by molar-refractivity contribution is 5.94. The molecule has 2 aromatic carbocycles. The molecule has 8 heteroatoms. The van der Waals surface area contributed by atoms with Crippen LogP contribution in [0.2, 0.25) is 0 Å². The van der Waals surface area contributed by atoms with E-state index >= 15 is 0 Å². The molecule has 8 nitrogen and oxygen atoms in total. The molecule has 1 amide bonds. The van der Waals surface area contributed by atoms with Gasteiger partial charge in [-0.2, -0.15) is 9.50 Å². The predicted molar refractivity (Wildman–Crippen MR) is 135 cm³/mol. The van der Waals surface area contributed by atoms with E-state index in [9.17, 15) is 4.79 Å². The van der Waals surface area contributed by atoms with Crippen molar-refractivity contribution in [1.82, 2.24) is 29.9 Å². The topological polar surface area (TPSA) is 97.1 Å². The van der Waals surface area contributed by atoms with Crippen LogP contribution in [0.1, 0.15) is 35.0 Å². The predicted octanol–water partition coefficient (Wildman–Crippen LogP) is 4.81. The number of carbonyl (C=O) groups is 1. The number of rotatable bonds is 8. The average molecular weight is 464 g/mol. The summed E-state index contributed by atoms with van der Waals surface area (Å²) in [4.78, 5) is 26.0. The van der Waals surface area contributed by atoms with Gasteiger partial charge >= 0.3 is 0 Å². The molecular formula is C27H25N7O. The summed E-state index contributed by atoms with van der Waals surface area (Å²) in [6, 6.07) is 23.0. The van der Waals surface area contributed by atoms with Crippen molar-refractivity contribution >= 4 is 23.2 Å². The van der Waals surface area contributed by atoms with E-state index in [0.717, 1.165) is 41.2 Å². The third-order valence-electron chi connectivity index (χ3n) is 5.51. The lowest BCUT2D eigenvalue weighted by molar-refractivity contribution is 0.0951. The number of carbonyl (C=O) groups excluding carboxylic acids is 1. The minimum Gasteiger partial charge on any atom is -0.348 e. The van der Waals surface area contributed by atoms with Crippen LogP contribution in [-0.2, 0) is 13.0 Å². The Balaban J connectivity index is 1.37. The van der Waals surface area contributed by atoms with Crippen molar-refractivity contribution in [2.45, 2.75) is 26.3 Å². The minimum atomic E-state index is -0.116. The lowest BCUT2D eigenvalue weighted by Gasteiger charge is -2.11. The molecule has 35 heavy (non-hydrogen) atoms. The number of pyridine rings is 1. The molecule has 174 valence electrons. The molecule has 5 aromatic rings. The Bertz CT molecular complexity index is 1430. The highest BCUT2D eigenvalue weighted by Gasteiger charge is 2.13. The van der Waals surface area contributed by atoms with Crippen molar-refractivity contribution in [3.8, 4) is 11.4 Å². The molecular weight excluding hydrogens is 438 g/mol. The summed E-state index contributed by atoms with van der Waals surface area (Å²) in [6.45, 7) is 2.60. The van der Waals surface area contributed by atoms with Gasteiger partial charge in [-0.3, -0.25) is 9.78 Å². The fourth-order valence-corrected chi connectivity index (χ4v) is 3.74. The highest BCUT2D eigenvalue weighted by Crippen LogP contribution is 2.22. The van der Waals surface area contributed by atoms with Gasteiger partial charge in [0.25, 0.3) is 11.7 Å². The van der Waals surface area contributed by atoms with Crippen LogP contribution in [0.3, 0.4) is 0 Å². The summed E-state index contributed by atoms with van der Waals surface area (Å²) >= 11 is 0. The lowest BCUT2D eigenvalue weighted by atomic mass is 10.1. The zero-order chi connectivity index (χ0) is 24.0.